The van der Waals surface area contributed by atoms with Gasteiger partial charge in [0.1, 0.15) is 6.04 Å². The molecule has 0 aliphatic carbocycles. The number of nitrogens with two attached hydrogens (primary N) is 1. The van der Waals surface area contributed by atoms with Crippen LogP contribution in [0.3, 0.4) is 0 Å². The third kappa shape index (κ3) is 3.27. The number of carbonyl (C=O) groups excluding carboxylic acids is 3. The average molecular weight is 257 g/mol. The molecule has 0 bridgehead atoms. The maximum atomic E-state index is 11.6. The summed E-state index contributed by atoms with van der Waals surface area (Å²) in [6, 6.07) is -2.03. The number of carboxylic acids is 1. The van der Waals surface area contributed by atoms with Gasteiger partial charge in [-0.15, -0.1) is 0 Å². The van der Waals surface area contributed by atoms with Crippen LogP contribution in [0.1, 0.15) is 19.3 Å². The van der Waals surface area contributed by atoms with Gasteiger partial charge in [0.2, 0.25) is 11.8 Å². The molecule has 1 heterocycles. The molecule has 8 heteroatoms. The van der Waals surface area contributed by atoms with E-state index in [1.54, 1.807) is 0 Å². The molecule has 0 radical (unpaired) electrons. The van der Waals surface area contributed by atoms with Crippen molar-refractivity contribution < 1.29 is 24.3 Å². The average Bonchev–Trinajstić information content (AvgIpc) is 2.29. The van der Waals surface area contributed by atoms with E-state index in [0.29, 0.717) is 0 Å². The van der Waals surface area contributed by atoms with Gasteiger partial charge in [0, 0.05) is 13.5 Å². The Bertz CT molecular complexity index is 395. The van der Waals surface area contributed by atoms with Crippen LogP contribution in [0, 0.1) is 0 Å². The number of nitrogens with one attached hydrogen (secondary N) is 1. The molecule has 0 aromatic heterocycles. The van der Waals surface area contributed by atoms with Crippen LogP contribution in [-0.2, 0) is 19.2 Å². The van der Waals surface area contributed by atoms with E-state index in [4.69, 9.17) is 10.8 Å². The number of carbonyl (C=O) groups is 4. The first-order valence-electron chi connectivity index (χ1n) is 5.41. The first-order valence-corrected chi connectivity index (χ1v) is 5.41. The van der Waals surface area contributed by atoms with Gasteiger partial charge in [0.05, 0.1) is 12.5 Å². The minimum absolute atomic E-state index is 0.154. The number of carboxylic acid groups (broad SMARTS) is 1. The number of nitrogens with zero attached hydrogens (tertiary/aromatic N) is 1. The lowest BCUT2D eigenvalue weighted by Gasteiger charge is -2.28. The molecule has 18 heavy (non-hydrogen) atoms. The summed E-state index contributed by atoms with van der Waals surface area (Å²) in [5, 5.41) is 10.8. The van der Waals surface area contributed by atoms with Gasteiger partial charge in [-0.2, -0.15) is 0 Å². The molecule has 2 atom stereocenters. The Balaban J connectivity index is 2.57. The Morgan fingerprint density at radius 3 is 2.72 bits per heavy atom. The third-order valence-electron chi connectivity index (χ3n) is 2.70. The molecule has 100 valence electrons. The first-order chi connectivity index (χ1) is 8.32. The van der Waals surface area contributed by atoms with Crippen LogP contribution in [0.5, 0.6) is 0 Å². The number of likely N-dealkylation sites (tertiary alicyclic amines) is 1. The van der Waals surface area contributed by atoms with E-state index in [0.717, 1.165) is 4.90 Å². The number of likely N-dealkylation sites (N-methyl/N-ethyl adjacent to an activating group) is 1. The Morgan fingerprint density at radius 1 is 1.56 bits per heavy atom. The lowest BCUT2D eigenvalue weighted by molar-refractivity contribution is -0.149. The van der Waals surface area contributed by atoms with E-state index in [2.05, 4.69) is 5.32 Å². The number of piperidine rings is 1. The van der Waals surface area contributed by atoms with Crippen LogP contribution in [-0.4, -0.2) is 52.8 Å². The Hall–Kier alpha value is -1.96. The fraction of sp³-hybridized carbons (Fsp3) is 0.600. The highest BCUT2D eigenvalue weighted by molar-refractivity contribution is 6.01. The number of hydrogen-bond acceptors (Lipinski definition) is 5. The molecule has 0 aromatic carbocycles. The molecule has 0 spiro atoms. The second-order valence-electron chi connectivity index (χ2n) is 4.10. The summed E-state index contributed by atoms with van der Waals surface area (Å²) in [5.74, 6) is -2.72. The largest absolute Gasteiger partial charge is 0.481 e. The predicted octanol–water partition coefficient (Wildman–Crippen LogP) is -1.95. The van der Waals surface area contributed by atoms with Crippen molar-refractivity contribution in [3.63, 3.8) is 0 Å². The molecule has 4 N–H and O–H groups in total. The highest BCUT2D eigenvalue weighted by atomic mass is 16.4. The van der Waals surface area contributed by atoms with Gasteiger partial charge in [-0.3, -0.25) is 24.1 Å². The summed E-state index contributed by atoms with van der Waals surface area (Å²) in [5.41, 5.74) is 5.36. The summed E-state index contributed by atoms with van der Waals surface area (Å²) >= 11 is 0. The summed E-state index contributed by atoms with van der Waals surface area (Å²) in [6.45, 7) is 0. The van der Waals surface area contributed by atoms with Crippen molar-refractivity contribution in [1.29, 1.82) is 0 Å². The standard InChI is InChI=1S/C10H15N3O5/c1-13-7(14)3-2-6(10(13)18)12-9(17)5(11)4-8(15)16/h5-6H,2-4,11H2,1H3,(H,12,17)(H,15,16). The van der Waals surface area contributed by atoms with Crippen molar-refractivity contribution in [2.45, 2.75) is 31.3 Å². The van der Waals surface area contributed by atoms with Gasteiger partial charge in [0.25, 0.3) is 5.91 Å². The van der Waals surface area contributed by atoms with Crippen molar-refractivity contribution in [3.8, 4) is 0 Å². The molecule has 1 aliphatic rings. The third-order valence-corrected chi connectivity index (χ3v) is 2.70. The zero-order valence-electron chi connectivity index (χ0n) is 9.88. The molecule has 2 unspecified atom stereocenters. The number of amides is 3. The molecule has 0 aromatic rings. The SMILES string of the molecule is CN1C(=O)CCC(NC(=O)C(N)CC(=O)O)C1=O. The minimum Gasteiger partial charge on any atom is -0.481 e. The number of aliphatic carboxylic acids is 1. The Kier molecular flexibility index (Phi) is 4.38. The molecular formula is C10H15N3O5. The molecule has 8 nitrogen and oxygen atoms in total. The molecular weight excluding hydrogens is 242 g/mol. The summed E-state index contributed by atoms with van der Waals surface area (Å²) in [7, 11) is 1.33. The van der Waals surface area contributed by atoms with E-state index < -0.39 is 36.3 Å². The molecule has 1 saturated heterocycles. The van der Waals surface area contributed by atoms with E-state index in [9.17, 15) is 19.2 Å². The van der Waals surface area contributed by atoms with Crippen molar-refractivity contribution in [3.05, 3.63) is 0 Å². The topological polar surface area (TPSA) is 130 Å². The van der Waals surface area contributed by atoms with Crippen LogP contribution in [0.2, 0.25) is 0 Å². The van der Waals surface area contributed by atoms with Crippen molar-refractivity contribution in [2.75, 3.05) is 7.05 Å². The quantitative estimate of drug-likeness (QED) is 0.502. The maximum Gasteiger partial charge on any atom is 0.305 e. The fourth-order valence-corrected chi connectivity index (χ4v) is 1.61. The van der Waals surface area contributed by atoms with Crippen molar-refractivity contribution in [2.24, 2.45) is 5.73 Å². The Labute approximate surface area is 103 Å². The van der Waals surface area contributed by atoms with Crippen LogP contribution >= 0.6 is 0 Å². The van der Waals surface area contributed by atoms with Crippen molar-refractivity contribution >= 4 is 23.7 Å². The fourth-order valence-electron chi connectivity index (χ4n) is 1.61. The number of hydrogen-bond donors (Lipinski definition) is 3. The number of imide groups is 1. The predicted molar refractivity (Wildman–Crippen MR) is 59.2 cm³/mol. The molecule has 1 rings (SSSR count). The smallest absolute Gasteiger partial charge is 0.305 e. The van der Waals surface area contributed by atoms with Crippen LogP contribution < -0.4 is 11.1 Å². The zero-order chi connectivity index (χ0) is 13.9. The van der Waals surface area contributed by atoms with Gasteiger partial charge >= 0.3 is 5.97 Å². The van der Waals surface area contributed by atoms with Crippen LogP contribution in [0.4, 0.5) is 0 Å². The monoisotopic (exact) mass is 257 g/mol. The maximum absolute atomic E-state index is 11.6. The molecule has 1 aliphatic heterocycles. The van der Waals surface area contributed by atoms with Crippen molar-refractivity contribution in [1.82, 2.24) is 10.2 Å². The summed E-state index contributed by atoms with van der Waals surface area (Å²) < 4.78 is 0. The van der Waals surface area contributed by atoms with Gasteiger partial charge in [-0.1, -0.05) is 0 Å². The van der Waals surface area contributed by atoms with Crippen LogP contribution in [0.15, 0.2) is 0 Å². The van der Waals surface area contributed by atoms with Crippen LogP contribution in [0.25, 0.3) is 0 Å². The first kappa shape index (κ1) is 14.1. The highest BCUT2D eigenvalue weighted by Crippen LogP contribution is 2.11. The second-order valence-corrected chi connectivity index (χ2v) is 4.10. The second kappa shape index (κ2) is 5.58. The minimum atomic E-state index is -1.21. The molecule has 3 amide bonds. The van der Waals surface area contributed by atoms with E-state index >= 15 is 0 Å². The van der Waals surface area contributed by atoms with Gasteiger partial charge in [-0.05, 0) is 6.42 Å². The van der Waals surface area contributed by atoms with E-state index in [1.165, 1.54) is 7.05 Å². The highest BCUT2D eigenvalue weighted by Gasteiger charge is 2.33. The normalized spacial score (nSPS) is 21.7. The molecule has 0 saturated carbocycles. The molecule has 1 fully saturated rings. The van der Waals surface area contributed by atoms with Gasteiger partial charge < -0.3 is 16.2 Å². The van der Waals surface area contributed by atoms with E-state index in [-0.39, 0.29) is 18.7 Å². The summed E-state index contributed by atoms with van der Waals surface area (Å²) in [4.78, 5) is 45.7. The number of rotatable bonds is 4. The lowest BCUT2D eigenvalue weighted by atomic mass is 10.0. The zero-order valence-corrected chi connectivity index (χ0v) is 9.88. The van der Waals surface area contributed by atoms with Gasteiger partial charge in [-0.25, -0.2) is 0 Å². The summed E-state index contributed by atoms with van der Waals surface area (Å²) in [6.07, 6.45) is -0.156. The lowest BCUT2D eigenvalue weighted by Crippen LogP contribution is -2.55. The van der Waals surface area contributed by atoms with E-state index in [1.807, 2.05) is 0 Å². The Morgan fingerprint density at radius 2 is 2.17 bits per heavy atom. The van der Waals surface area contributed by atoms with Gasteiger partial charge in [0.15, 0.2) is 0 Å².